The smallest absolute Gasteiger partial charge is 0.0642 e. The van der Waals surface area contributed by atoms with Gasteiger partial charge in [-0.05, 0) is 259 Å². The van der Waals surface area contributed by atoms with Gasteiger partial charge in [-0.2, -0.15) is 0 Å². The lowest BCUT2D eigenvalue weighted by atomic mass is 9.98. The van der Waals surface area contributed by atoms with Crippen LogP contribution in [0.15, 0.2) is 128 Å². The molecule has 0 aliphatic carbocycles. The maximum atomic E-state index is 4.44. The number of hydrogen-bond acceptors (Lipinski definition) is 8. The van der Waals surface area contributed by atoms with Gasteiger partial charge in [0, 0.05) is 210 Å². The molecule has 12 nitrogen and oxygen atoms in total. The Hall–Kier alpha value is -9.48. The van der Waals surface area contributed by atoms with Gasteiger partial charge >= 0.3 is 0 Å². The Morgan fingerprint density at radius 1 is 0.420 bits per heavy atom. The van der Waals surface area contributed by atoms with Gasteiger partial charge in [0.15, 0.2) is 0 Å². The molecule has 12 heterocycles. The lowest BCUT2D eigenvalue weighted by Crippen LogP contribution is -2.26. The van der Waals surface area contributed by atoms with Crippen molar-refractivity contribution in [2.75, 3.05) is 54.4 Å². The number of pyridine rings is 4. The van der Waals surface area contributed by atoms with Crippen LogP contribution in [-0.4, -0.2) is 112 Å². The molecule has 0 N–H and O–H groups in total. The van der Waals surface area contributed by atoms with Gasteiger partial charge in [-0.15, -0.1) is 0 Å². The van der Waals surface area contributed by atoms with E-state index in [2.05, 4.69) is 264 Å². The minimum absolute atomic E-state index is 0.957. The largest absolute Gasteiger partial charge is 0.347 e. The van der Waals surface area contributed by atoms with E-state index in [-0.39, 0.29) is 0 Å². The highest BCUT2D eigenvalue weighted by molar-refractivity contribution is 5.98. The lowest BCUT2D eigenvalue weighted by Gasteiger charge is -2.23. The van der Waals surface area contributed by atoms with Crippen molar-refractivity contribution >= 4 is 67.4 Å². The highest BCUT2D eigenvalue weighted by atomic mass is 15.1. The number of hydrogen-bond donors (Lipinski definition) is 0. The highest BCUT2D eigenvalue weighted by Crippen LogP contribution is 2.38. The molecule has 0 amide bonds. The Labute approximate surface area is 593 Å². The number of benzene rings is 4. The quantitative estimate of drug-likeness (QED) is 0.146. The van der Waals surface area contributed by atoms with Crippen molar-refractivity contribution in [2.24, 2.45) is 28.2 Å². The second kappa shape index (κ2) is 29.4. The van der Waals surface area contributed by atoms with Crippen LogP contribution in [0.4, 0.5) is 0 Å². The van der Waals surface area contributed by atoms with Crippen molar-refractivity contribution in [1.29, 1.82) is 0 Å². The van der Waals surface area contributed by atoms with Crippen molar-refractivity contribution in [3.63, 3.8) is 0 Å². The van der Waals surface area contributed by atoms with E-state index in [0.29, 0.717) is 0 Å². The van der Waals surface area contributed by atoms with E-state index >= 15 is 0 Å². The van der Waals surface area contributed by atoms with Gasteiger partial charge in [-0.1, -0.05) is 47.8 Å². The van der Waals surface area contributed by atoms with Gasteiger partial charge in [0.05, 0.1) is 22.1 Å². The summed E-state index contributed by atoms with van der Waals surface area (Å²) in [6.45, 7) is 25.7. The summed E-state index contributed by atoms with van der Waals surface area (Å²) in [5.74, 6) is 6.69. The fourth-order valence-corrected chi connectivity index (χ4v) is 16.0. The average Bonchev–Trinajstić information content (AvgIpc) is 1.63. The third-order valence-corrected chi connectivity index (χ3v) is 21.2. The lowest BCUT2D eigenvalue weighted by molar-refractivity contribution is 0.310. The molecule has 4 aliphatic heterocycles. The first-order valence-electron chi connectivity index (χ1n) is 35.8. The summed E-state index contributed by atoms with van der Waals surface area (Å²) in [4.78, 5) is 27.0. The van der Waals surface area contributed by atoms with Crippen LogP contribution in [0, 0.1) is 60.3 Å². The van der Waals surface area contributed by atoms with E-state index < -0.39 is 0 Å². The topological polar surface area (TPSA) is 84.2 Å². The first-order valence-corrected chi connectivity index (χ1v) is 35.8. The van der Waals surface area contributed by atoms with Crippen LogP contribution in [-0.2, 0) is 92.9 Å². The Bertz CT molecular complexity index is 5150. The summed E-state index contributed by atoms with van der Waals surface area (Å²) in [5.41, 5.74) is 36.9. The molecule has 4 aliphatic rings. The van der Waals surface area contributed by atoms with Crippen LogP contribution < -0.4 is 0 Å². The van der Waals surface area contributed by atoms with Crippen molar-refractivity contribution in [3.8, 4) is 11.8 Å². The molecule has 12 heteroatoms. The fourth-order valence-electron chi connectivity index (χ4n) is 16.0. The van der Waals surface area contributed by atoms with Crippen molar-refractivity contribution in [1.82, 2.24) is 57.8 Å². The molecule has 0 atom stereocenters. The van der Waals surface area contributed by atoms with Crippen LogP contribution in [0.2, 0.25) is 0 Å². The molecular weight excluding hydrogens is 1230 g/mol. The second-order valence-corrected chi connectivity index (χ2v) is 29.3. The standard InChI is InChI=1S/C22H25N3.C22H27N3.C22H25N3.C22H23N3/c1-15-11-18(13-16(2)17-5-8-23-9-6-17)22-19(12-15)20-14-24(3)10-7-21(20)25(22)4;3*1-15-11-18(8-7-17-6-5-16(2)23-13-17)22-19(12-15)20-14-24(3)10-9-21(20)25(22)4/h5-6,8-9,11-13H,7,10,14H2,1-4H3;5-6,11-13H,7-10,14H2,1-4H3;5-8,11-13H,9-10,14H2,1-4H3;5-6,11-13H,9-10,14H2,1-4H3/b16-13+;;8-7+;. The molecule has 100 heavy (non-hydrogen) atoms. The van der Waals surface area contributed by atoms with Gasteiger partial charge in [0.1, 0.15) is 0 Å². The Balaban J connectivity index is 0.000000119. The minimum atomic E-state index is 0.957. The molecule has 12 aromatic rings. The first kappa shape index (κ1) is 69.0. The molecule has 8 aromatic heterocycles. The van der Waals surface area contributed by atoms with Gasteiger partial charge < -0.3 is 37.9 Å². The van der Waals surface area contributed by atoms with Crippen molar-refractivity contribution < 1.29 is 0 Å². The van der Waals surface area contributed by atoms with Gasteiger partial charge in [0.2, 0.25) is 0 Å². The van der Waals surface area contributed by atoms with E-state index in [9.17, 15) is 0 Å². The molecule has 0 saturated carbocycles. The maximum Gasteiger partial charge on any atom is 0.0642 e. The molecule has 0 saturated heterocycles. The molecule has 512 valence electrons. The fraction of sp³-hybridized carbons (Fsp3) is 0.341. The number of nitrogens with zero attached hydrogens (tertiary/aromatic N) is 12. The maximum absolute atomic E-state index is 4.44. The third-order valence-electron chi connectivity index (χ3n) is 21.2. The number of rotatable bonds is 7. The third kappa shape index (κ3) is 14.6. The zero-order chi connectivity index (χ0) is 70.2. The number of allylic oxidation sites excluding steroid dienone is 1. The predicted molar refractivity (Wildman–Crippen MR) is 418 cm³/mol. The molecular formula is C88H100N12. The molecule has 0 unspecified atom stereocenters. The minimum Gasteiger partial charge on any atom is -0.347 e. The summed E-state index contributed by atoms with van der Waals surface area (Å²) in [6, 6.07) is 35.2. The summed E-state index contributed by atoms with van der Waals surface area (Å²) in [6.07, 6.45) is 22.8. The number of fused-ring (bicyclic) bond motifs is 12. The van der Waals surface area contributed by atoms with Gasteiger partial charge in [-0.3, -0.25) is 19.9 Å². The first-order chi connectivity index (χ1) is 48.1. The van der Waals surface area contributed by atoms with Crippen LogP contribution in [0.1, 0.15) is 136 Å². The number of aromatic nitrogens is 8. The highest BCUT2D eigenvalue weighted by Gasteiger charge is 2.27. The number of aryl methyl sites for hydroxylation is 13. The summed E-state index contributed by atoms with van der Waals surface area (Å²) < 4.78 is 9.64. The summed E-state index contributed by atoms with van der Waals surface area (Å²) in [5, 5.41) is 5.64. The molecule has 4 aromatic carbocycles. The van der Waals surface area contributed by atoms with Gasteiger partial charge in [0.25, 0.3) is 0 Å². The Morgan fingerprint density at radius 3 is 1.36 bits per heavy atom. The zero-order valence-electron chi connectivity index (χ0n) is 62.1. The summed E-state index contributed by atoms with van der Waals surface area (Å²) >= 11 is 0. The van der Waals surface area contributed by atoms with E-state index in [1.54, 1.807) is 0 Å². The average molecular weight is 1330 g/mol. The van der Waals surface area contributed by atoms with Gasteiger partial charge in [-0.25, -0.2) is 0 Å². The molecule has 0 fully saturated rings. The van der Waals surface area contributed by atoms with E-state index in [1.165, 1.54) is 144 Å². The van der Waals surface area contributed by atoms with Crippen LogP contribution in [0.5, 0.6) is 0 Å². The van der Waals surface area contributed by atoms with Crippen molar-refractivity contribution in [2.45, 2.75) is 120 Å². The number of likely N-dealkylation sites (N-methyl/N-ethyl adjacent to an activating group) is 4. The van der Waals surface area contributed by atoms with E-state index in [0.717, 1.165) is 125 Å². The second-order valence-electron chi connectivity index (χ2n) is 29.3. The molecule has 0 bridgehead atoms. The molecule has 0 spiro atoms. The van der Waals surface area contributed by atoms with Crippen molar-refractivity contribution in [3.05, 3.63) is 257 Å². The Morgan fingerprint density at radius 2 is 0.860 bits per heavy atom. The van der Waals surface area contributed by atoms with E-state index in [1.807, 2.05) is 63.9 Å². The Kier molecular flexibility index (Phi) is 20.3. The zero-order valence-corrected chi connectivity index (χ0v) is 62.1. The normalized spacial score (nSPS) is 15.0. The SMILES string of the molecule is C/C(=C\c1cc(C)cc2c3c(n(C)c12)CCN(C)C3)c1ccncc1.Cc1cc(/C=C/c2ccc(C)nc2)c2c(c1)c1c(n2C)CCN(C)C1.Cc1cc(C#Cc2ccc(C)nc2)c2c(c1)c1c(n2C)CCN(C)C1.Cc1cc(CCc2ccc(C)nc2)c2c(c1)c1c(n2C)CCN(C)C1. The van der Waals surface area contributed by atoms with Crippen LogP contribution in [0.25, 0.3) is 67.4 Å². The summed E-state index contributed by atoms with van der Waals surface area (Å²) in [7, 11) is 17.7. The monoisotopic (exact) mass is 1320 g/mol. The van der Waals surface area contributed by atoms with Crippen LogP contribution >= 0.6 is 0 Å². The molecule has 0 radical (unpaired) electrons. The van der Waals surface area contributed by atoms with Crippen LogP contribution in [0.3, 0.4) is 0 Å². The van der Waals surface area contributed by atoms with E-state index in [4.69, 9.17) is 0 Å². The molecule has 16 rings (SSSR count). The predicted octanol–water partition coefficient (Wildman–Crippen LogP) is 16.3.